The van der Waals surface area contributed by atoms with E-state index in [0.717, 1.165) is 17.4 Å². The zero-order valence-electron chi connectivity index (χ0n) is 10.1. The predicted octanol–water partition coefficient (Wildman–Crippen LogP) is 4.31. The van der Waals surface area contributed by atoms with Crippen molar-refractivity contribution in [3.8, 4) is 0 Å². The van der Waals surface area contributed by atoms with E-state index in [1.807, 2.05) is 6.07 Å². The van der Waals surface area contributed by atoms with Crippen LogP contribution in [0.15, 0.2) is 30.3 Å². The van der Waals surface area contributed by atoms with Crippen LogP contribution in [-0.4, -0.2) is 0 Å². The fourth-order valence-electron chi connectivity index (χ4n) is 1.95. The molecule has 0 bridgehead atoms. The van der Waals surface area contributed by atoms with E-state index in [-0.39, 0.29) is 0 Å². The van der Waals surface area contributed by atoms with Crippen LogP contribution < -0.4 is 5.32 Å². The summed E-state index contributed by atoms with van der Waals surface area (Å²) in [5, 5.41) is 3.44. The van der Waals surface area contributed by atoms with Gasteiger partial charge < -0.3 is 5.32 Å². The van der Waals surface area contributed by atoms with Crippen LogP contribution in [0, 0.1) is 13.8 Å². The van der Waals surface area contributed by atoms with E-state index < -0.39 is 0 Å². The Balaban J connectivity index is 1.89. The quantitative estimate of drug-likeness (QED) is 0.869. The minimum Gasteiger partial charge on any atom is -0.308 e. The van der Waals surface area contributed by atoms with Gasteiger partial charge in [-0.15, -0.1) is 11.3 Å². The van der Waals surface area contributed by atoms with Crippen molar-refractivity contribution in [2.24, 2.45) is 0 Å². The van der Waals surface area contributed by atoms with Crippen molar-refractivity contribution in [1.82, 2.24) is 5.32 Å². The molecule has 1 aromatic heterocycles. The highest BCUT2D eigenvalue weighted by atomic mass is 35.5. The van der Waals surface area contributed by atoms with E-state index in [0.29, 0.717) is 0 Å². The second kappa shape index (κ2) is 5.67. The Bertz CT molecular complexity index is 484. The summed E-state index contributed by atoms with van der Waals surface area (Å²) in [5.74, 6) is 0. The maximum absolute atomic E-state index is 5.89. The Morgan fingerprint density at radius 3 is 2.35 bits per heavy atom. The molecule has 0 saturated heterocycles. The average Bonchev–Trinajstić information content (AvgIpc) is 2.63. The maximum Gasteiger partial charge on any atom is 0.0931 e. The number of aryl methyl sites for hydroxylation is 2. The first-order valence-electron chi connectivity index (χ1n) is 5.65. The highest BCUT2D eigenvalue weighted by Crippen LogP contribution is 2.21. The van der Waals surface area contributed by atoms with E-state index >= 15 is 0 Å². The van der Waals surface area contributed by atoms with E-state index in [4.69, 9.17) is 11.6 Å². The van der Waals surface area contributed by atoms with E-state index in [2.05, 4.69) is 43.4 Å². The summed E-state index contributed by atoms with van der Waals surface area (Å²) in [6, 6.07) is 10.7. The van der Waals surface area contributed by atoms with Crippen molar-refractivity contribution in [2.75, 3.05) is 0 Å². The molecule has 17 heavy (non-hydrogen) atoms. The van der Waals surface area contributed by atoms with Crippen molar-refractivity contribution in [2.45, 2.75) is 26.9 Å². The highest BCUT2D eigenvalue weighted by molar-refractivity contribution is 7.16. The Hall–Kier alpha value is -0.830. The number of benzene rings is 1. The standard InChI is InChI=1S/C14H16ClNS/c1-10-5-11(2)7-12(6-10)8-16-9-13-3-4-14(15)17-13/h3-7,16H,8-9H2,1-2H3. The van der Waals surface area contributed by atoms with E-state index in [1.165, 1.54) is 21.6 Å². The third-order valence-corrected chi connectivity index (χ3v) is 3.77. The van der Waals surface area contributed by atoms with Crippen LogP contribution in [0.25, 0.3) is 0 Å². The molecule has 0 radical (unpaired) electrons. The van der Waals surface area contributed by atoms with Gasteiger partial charge in [-0.1, -0.05) is 40.9 Å². The molecule has 90 valence electrons. The molecular formula is C14H16ClNS. The lowest BCUT2D eigenvalue weighted by Crippen LogP contribution is -2.11. The molecule has 0 fully saturated rings. The average molecular weight is 266 g/mol. The largest absolute Gasteiger partial charge is 0.308 e. The molecule has 0 aliphatic heterocycles. The topological polar surface area (TPSA) is 12.0 Å². The Kier molecular flexibility index (Phi) is 4.21. The fraction of sp³-hybridized carbons (Fsp3) is 0.286. The zero-order valence-corrected chi connectivity index (χ0v) is 11.7. The molecule has 2 rings (SSSR count). The third kappa shape index (κ3) is 3.84. The van der Waals surface area contributed by atoms with Gasteiger partial charge in [0.25, 0.3) is 0 Å². The fourth-order valence-corrected chi connectivity index (χ4v) is 3.00. The molecule has 1 nitrogen and oxygen atoms in total. The molecular weight excluding hydrogens is 250 g/mol. The first kappa shape index (κ1) is 12.6. The smallest absolute Gasteiger partial charge is 0.0931 e. The van der Waals surface area contributed by atoms with Gasteiger partial charge in [0.15, 0.2) is 0 Å². The Labute approximate surface area is 111 Å². The summed E-state index contributed by atoms with van der Waals surface area (Å²) in [6.45, 7) is 6.05. The molecule has 0 unspecified atom stereocenters. The van der Waals surface area contributed by atoms with Crippen LogP contribution in [0.2, 0.25) is 4.34 Å². The molecule has 0 atom stereocenters. The van der Waals surface area contributed by atoms with E-state index in [1.54, 1.807) is 11.3 Å². The molecule has 1 N–H and O–H groups in total. The zero-order chi connectivity index (χ0) is 12.3. The summed E-state index contributed by atoms with van der Waals surface area (Å²) < 4.78 is 0.855. The van der Waals surface area contributed by atoms with E-state index in [9.17, 15) is 0 Å². The maximum atomic E-state index is 5.89. The molecule has 0 saturated carbocycles. The Morgan fingerprint density at radius 2 is 1.76 bits per heavy atom. The second-order valence-corrected chi connectivity index (χ2v) is 6.10. The Morgan fingerprint density at radius 1 is 1.06 bits per heavy atom. The number of halogens is 1. The lowest BCUT2D eigenvalue weighted by molar-refractivity contribution is 0.700. The molecule has 2 aromatic rings. The molecule has 0 spiro atoms. The van der Waals surface area contributed by atoms with Crippen molar-refractivity contribution in [1.29, 1.82) is 0 Å². The summed E-state index contributed by atoms with van der Waals surface area (Å²) in [4.78, 5) is 1.28. The van der Waals surface area contributed by atoms with Gasteiger partial charge in [-0.05, 0) is 31.5 Å². The number of hydrogen-bond acceptors (Lipinski definition) is 2. The lowest BCUT2D eigenvalue weighted by Gasteiger charge is -2.06. The predicted molar refractivity (Wildman–Crippen MR) is 75.8 cm³/mol. The minimum absolute atomic E-state index is 0.855. The SMILES string of the molecule is Cc1cc(C)cc(CNCc2ccc(Cl)s2)c1. The van der Waals surface area contributed by atoms with Crippen molar-refractivity contribution < 1.29 is 0 Å². The van der Waals surface area contributed by atoms with Crippen LogP contribution in [0.3, 0.4) is 0 Å². The summed E-state index contributed by atoms with van der Waals surface area (Å²) in [7, 11) is 0. The second-order valence-electron chi connectivity index (χ2n) is 4.31. The number of rotatable bonds is 4. The van der Waals surface area contributed by atoms with Gasteiger partial charge in [-0.25, -0.2) is 0 Å². The van der Waals surface area contributed by atoms with Crippen LogP contribution in [0.5, 0.6) is 0 Å². The summed E-state index contributed by atoms with van der Waals surface area (Å²) in [6.07, 6.45) is 0. The summed E-state index contributed by atoms with van der Waals surface area (Å²) in [5.41, 5.74) is 3.98. The van der Waals surface area contributed by atoms with Gasteiger partial charge in [-0.3, -0.25) is 0 Å². The van der Waals surface area contributed by atoms with Crippen LogP contribution in [-0.2, 0) is 13.1 Å². The molecule has 0 aliphatic carbocycles. The molecule has 1 aromatic carbocycles. The first-order chi connectivity index (χ1) is 8.13. The number of nitrogens with one attached hydrogen (secondary N) is 1. The third-order valence-electron chi connectivity index (χ3n) is 2.54. The van der Waals surface area contributed by atoms with Gasteiger partial charge >= 0.3 is 0 Å². The molecule has 3 heteroatoms. The summed E-state index contributed by atoms with van der Waals surface area (Å²) >= 11 is 7.52. The van der Waals surface area contributed by atoms with Crippen LogP contribution >= 0.6 is 22.9 Å². The normalized spacial score (nSPS) is 10.8. The molecule has 0 aliphatic rings. The van der Waals surface area contributed by atoms with Gasteiger partial charge in [0.05, 0.1) is 4.34 Å². The van der Waals surface area contributed by atoms with Crippen molar-refractivity contribution in [3.05, 3.63) is 56.2 Å². The van der Waals surface area contributed by atoms with Crippen LogP contribution in [0.4, 0.5) is 0 Å². The first-order valence-corrected chi connectivity index (χ1v) is 6.85. The number of hydrogen-bond donors (Lipinski definition) is 1. The van der Waals surface area contributed by atoms with Crippen LogP contribution in [0.1, 0.15) is 21.6 Å². The van der Waals surface area contributed by atoms with Gasteiger partial charge in [-0.2, -0.15) is 0 Å². The van der Waals surface area contributed by atoms with Crippen molar-refractivity contribution >= 4 is 22.9 Å². The van der Waals surface area contributed by atoms with Gasteiger partial charge in [0.1, 0.15) is 0 Å². The minimum atomic E-state index is 0.855. The lowest BCUT2D eigenvalue weighted by atomic mass is 10.1. The monoisotopic (exact) mass is 265 g/mol. The molecule has 0 amide bonds. The van der Waals surface area contributed by atoms with Crippen molar-refractivity contribution in [3.63, 3.8) is 0 Å². The van der Waals surface area contributed by atoms with Gasteiger partial charge in [0.2, 0.25) is 0 Å². The highest BCUT2D eigenvalue weighted by Gasteiger charge is 1.99. The van der Waals surface area contributed by atoms with Gasteiger partial charge in [0, 0.05) is 18.0 Å². The number of thiophene rings is 1. The molecule has 1 heterocycles.